The molecule has 1 amide bonds. The van der Waals surface area contributed by atoms with Crippen LogP contribution >= 0.6 is 11.8 Å². The fourth-order valence-electron chi connectivity index (χ4n) is 4.66. The molecule has 33 heavy (non-hydrogen) atoms. The first-order valence-corrected chi connectivity index (χ1v) is 14.4. The highest BCUT2D eigenvalue weighted by molar-refractivity contribution is 7.99. The molecule has 0 unspecified atom stereocenters. The van der Waals surface area contributed by atoms with Gasteiger partial charge in [-0.3, -0.25) is 9.69 Å². The quantitative estimate of drug-likeness (QED) is 0.620. The Kier molecular flexibility index (Phi) is 8.35. The van der Waals surface area contributed by atoms with Gasteiger partial charge in [-0.1, -0.05) is 6.92 Å². The molecule has 0 saturated carbocycles. The van der Waals surface area contributed by atoms with Crippen LogP contribution in [-0.2, 0) is 19.6 Å². The Bertz CT molecular complexity index is 928. The van der Waals surface area contributed by atoms with Gasteiger partial charge >= 0.3 is 0 Å². The van der Waals surface area contributed by atoms with Gasteiger partial charge < -0.3 is 15.0 Å². The molecule has 1 N–H and O–H groups in total. The number of rotatable bonds is 7. The van der Waals surface area contributed by atoms with E-state index in [0.717, 1.165) is 63.6 Å². The van der Waals surface area contributed by atoms with Crippen LogP contribution in [0.4, 0.5) is 5.69 Å². The number of anilines is 1. The monoisotopic (exact) mass is 496 g/mol. The van der Waals surface area contributed by atoms with Crippen molar-refractivity contribution in [3.63, 3.8) is 0 Å². The third-order valence-electron chi connectivity index (χ3n) is 6.92. The van der Waals surface area contributed by atoms with Gasteiger partial charge in [-0.15, -0.1) is 11.8 Å². The molecule has 184 valence electrons. The highest BCUT2D eigenvalue weighted by Gasteiger charge is 2.32. The number of nitrogens with one attached hydrogen (secondary N) is 1. The molecule has 0 aromatic heterocycles. The van der Waals surface area contributed by atoms with Crippen molar-refractivity contribution in [2.24, 2.45) is 5.92 Å². The van der Waals surface area contributed by atoms with E-state index < -0.39 is 10.0 Å². The molecule has 2 fully saturated rings. The molecule has 8 nitrogen and oxygen atoms in total. The number of sulfonamides is 1. The Morgan fingerprint density at radius 1 is 1.18 bits per heavy atom. The van der Waals surface area contributed by atoms with Crippen molar-refractivity contribution in [3.05, 3.63) is 18.2 Å². The summed E-state index contributed by atoms with van der Waals surface area (Å²) >= 11 is 1.59. The lowest BCUT2D eigenvalue weighted by Gasteiger charge is -2.36. The molecule has 0 aliphatic carbocycles. The highest BCUT2D eigenvalue weighted by Crippen LogP contribution is 2.35. The predicted octanol–water partition coefficient (Wildman–Crippen LogP) is 2.17. The lowest BCUT2D eigenvalue weighted by molar-refractivity contribution is -0.118. The molecule has 1 atom stereocenters. The summed E-state index contributed by atoms with van der Waals surface area (Å²) in [6.07, 6.45) is 2.79. The molecule has 2 saturated heterocycles. The van der Waals surface area contributed by atoms with Crippen LogP contribution < -0.4 is 5.32 Å². The molecule has 1 aromatic rings. The second-order valence-corrected chi connectivity index (χ2v) is 12.3. The second kappa shape index (κ2) is 11.0. The van der Waals surface area contributed by atoms with E-state index in [2.05, 4.69) is 22.2 Å². The number of piperidine rings is 1. The first kappa shape index (κ1) is 24.9. The average molecular weight is 497 g/mol. The molecule has 0 radical (unpaired) electrons. The lowest BCUT2D eigenvalue weighted by Crippen LogP contribution is -2.46. The summed E-state index contributed by atoms with van der Waals surface area (Å²) in [6.45, 7) is 8.74. The lowest BCUT2D eigenvalue weighted by atomic mass is 10.1. The minimum atomic E-state index is -3.58. The van der Waals surface area contributed by atoms with Crippen LogP contribution in [0.25, 0.3) is 0 Å². The molecular weight excluding hydrogens is 460 g/mol. The zero-order valence-corrected chi connectivity index (χ0v) is 21.3. The SMILES string of the molecule is C[C@H]1CSc2ccc(S(=O)(=O)N3CCC(N(C)CCCN4CCOCC4)CC3)cc2NC1=O. The summed E-state index contributed by atoms with van der Waals surface area (Å²) in [5.41, 5.74) is 0.602. The first-order valence-electron chi connectivity index (χ1n) is 11.9. The summed E-state index contributed by atoms with van der Waals surface area (Å²) in [5.74, 6) is 0.527. The number of fused-ring (bicyclic) bond motifs is 1. The fraction of sp³-hybridized carbons (Fsp3) is 0.696. The Hall–Kier alpha value is -1.17. The standard InChI is InChI=1S/C23H36N4O4S2/c1-18-17-32-22-5-4-20(16-21(22)24-23(18)28)33(29,30)27-10-6-19(7-11-27)25(2)8-3-9-26-12-14-31-15-13-26/h4-5,16,18-19H,3,6-15,17H2,1-2H3,(H,24,28)/t18-/m0/s1. The van der Waals surface area contributed by atoms with E-state index in [4.69, 9.17) is 4.74 Å². The van der Waals surface area contributed by atoms with E-state index in [1.807, 2.05) is 13.0 Å². The van der Waals surface area contributed by atoms with Crippen LogP contribution in [-0.4, -0.2) is 99.8 Å². The average Bonchev–Trinajstić information content (AvgIpc) is 2.97. The Morgan fingerprint density at radius 2 is 1.91 bits per heavy atom. The van der Waals surface area contributed by atoms with Crippen molar-refractivity contribution in [1.29, 1.82) is 0 Å². The van der Waals surface area contributed by atoms with Crippen LogP contribution in [0.1, 0.15) is 26.2 Å². The normalized spacial score (nSPS) is 23.8. The number of carbonyl (C=O) groups is 1. The van der Waals surface area contributed by atoms with Gasteiger partial charge in [0.2, 0.25) is 15.9 Å². The Labute approximate surface area is 202 Å². The number of nitrogens with zero attached hydrogens (tertiary/aromatic N) is 3. The van der Waals surface area contributed by atoms with E-state index in [1.165, 1.54) is 0 Å². The summed E-state index contributed by atoms with van der Waals surface area (Å²) < 4.78 is 33.6. The van der Waals surface area contributed by atoms with E-state index in [-0.39, 0.29) is 16.7 Å². The molecular formula is C23H36N4O4S2. The minimum Gasteiger partial charge on any atom is -0.379 e. The summed E-state index contributed by atoms with van der Waals surface area (Å²) in [5, 5.41) is 2.89. The minimum absolute atomic E-state index is 0.0618. The zero-order valence-electron chi connectivity index (χ0n) is 19.7. The van der Waals surface area contributed by atoms with E-state index in [9.17, 15) is 13.2 Å². The van der Waals surface area contributed by atoms with Crippen LogP contribution in [0.3, 0.4) is 0 Å². The number of hydrogen-bond donors (Lipinski definition) is 1. The van der Waals surface area contributed by atoms with Gasteiger partial charge in [0.25, 0.3) is 0 Å². The number of benzene rings is 1. The van der Waals surface area contributed by atoms with E-state index in [0.29, 0.717) is 30.6 Å². The predicted molar refractivity (Wildman–Crippen MR) is 131 cm³/mol. The maximum atomic E-state index is 13.3. The molecule has 3 heterocycles. The summed E-state index contributed by atoms with van der Waals surface area (Å²) in [6, 6.07) is 5.52. The Morgan fingerprint density at radius 3 is 2.64 bits per heavy atom. The van der Waals surface area contributed by atoms with Crippen molar-refractivity contribution >= 4 is 33.4 Å². The van der Waals surface area contributed by atoms with Gasteiger partial charge in [-0.2, -0.15) is 4.31 Å². The maximum absolute atomic E-state index is 13.3. The van der Waals surface area contributed by atoms with Crippen molar-refractivity contribution in [3.8, 4) is 0 Å². The molecule has 0 spiro atoms. The number of ether oxygens (including phenoxy) is 1. The molecule has 1 aromatic carbocycles. The van der Waals surface area contributed by atoms with Gasteiger partial charge in [0.1, 0.15) is 0 Å². The van der Waals surface area contributed by atoms with Gasteiger partial charge in [0.05, 0.1) is 23.8 Å². The van der Waals surface area contributed by atoms with Crippen LogP contribution in [0.5, 0.6) is 0 Å². The zero-order chi connectivity index (χ0) is 23.4. The molecule has 0 bridgehead atoms. The van der Waals surface area contributed by atoms with Crippen molar-refractivity contribution < 1.29 is 17.9 Å². The largest absolute Gasteiger partial charge is 0.379 e. The number of hydrogen-bond acceptors (Lipinski definition) is 7. The van der Waals surface area contributed by atoms with Crippen molar-refractivity contribution in [1.82, 2.24) is 14.1 Å². The summed E-state index contributed by atoms with van der Waals surface area (Å²) in [7, 11) is -1.43. The van der Waals surface area contributed by atoms with Gasteiger partial charge in [-0.05, 0) is 57.6 Å². The van der Waals surface area contributed by atoms with Gasteiger partial charge in [0.15, 0.2) is 0 Å². The van der Waals surface area contributed by atoms with Crippen LogP contribution in [0, 0.1) is 5.92 Å². The van der Waals surface area contributed by atoms with Gasteiger partial charge in [0, 0.05) is 48.8 Å². The highest BCUT2D eigenvalue weighted by atomic mass is 32.2. The van der Waals surface area contributed by atoms with Gasteiger partial charge in [-0.25, -0.2) is 8.42 Å². The topological polar surface area (TPSA) is 82.2 Å². The number of carbonyl (C=O) groups excluding carboxylic acids is 1. The molecule has 3 aliphatic rings. The van der Waals surface area contributed by atoms with Crippen molar-refractivity contribution in [2.75, 3.05) is 70.6 Å². The molecule has 10 heteroatoms. The maximum Gasteiger partial charge on any atom is 0.243 e. The second-order valence-electron chi connectivity index (χ2n) is 9.28. The molecule has 3 aliphatic heterocycles. The van der Waals surface area contributed by atoms with Crippen molar-refractivity contribution in [2.45, 2.75) is 42.0 Å². The third-order valence-corrected chi connectivity index (χ3v) is 10.1. The number of thioether (sulfide) groups is 1. The van der Waals surface area contributed by atoms with Crippen LogP contribution in [0.15, 0.2) is 28.0 Å². The van der Waals surface area contributed by atoms with E-state index in [1.54, 1.807) is 28.2 Å². The fourth-order valence-corrected chi connectivity index (χ4v) is 7.17. The van der Waals surface area contributed by atoms with E-state index >= 15 is 0 Å². The van der Waals surface area contributed by atoms with Crippen LogP contribution in [0.2, 0.25) is 0 Å². The smallest absolute Gasteiger partial charge is 0.243 e. The molecule has 4 rings (SSSR count). The summed E-state index contributed by atoms with van der Waals surface area (Å²) in [4.78, 5) is 18.2. The first-order chi connectivity index (χ1) is 15.8. The third kappa shape index (κ3) is 6.10. The number of morpholine rings is 1. The number of amides is 1. The Balaban J connectivity index is 1.30.